The van der Waals surface area contributed by atoms with E-state index < -0.39 is 0 Å². The van der Waals surface area contributed by atoms with Gasteiger partial charge in [-0.1, -0.05) is 48.9 Å². The van der Waals surface area contributed by atoms with Crippen LogP contribution in [0.25, 0.3) is 0 Å². The molecule has 0 radical (unpaired) electrons. The predicted molar refractivity (Wildman–Crippen MR) is 64.9 cm³/mol. The molecule has 0 heterocycles. The molecule has 0 unspecified atom stereocenters. The summed E-state index contributed by atoms with van der Waals surface area (Å²) in [7, 11) is 0. The number of rotatable bonds is 4. The van der Waals surface area contributed by atoms with Gasteiger partial charge in [0.25, 0.3) is 0 Å². The first-order chi connectivity index (χ1) is 7.08. The molecule has 15 heavy (non-hydrogen) atoms. The second kappa shape index (κ2) is 5.13. The van der Waals surface area contributed by atoms with Crippen molar-refractivity contribution in [3.05, 3.63) is 47.5 Å². The lowest BCUT2D eigenvalue weighted by Crippen LogP contribution is -2.25. The molecule has 82 valence electrons. The fourth-order valence-electron chi connectivity index (χ4n) is 1.54. The molecule has 1 aromatic rings. The Labute approximate surface area is 92.5 Å². The van der Waals surface area contributed by atoms with Gasteiger partial charge in [0, 0.05) is 5.41 Å². The zero-order valence-corrected chi connectivity index (χ0v) is 9.83. The molecule has 0 amide bonds. The fourth-order valence-corrected chi connectivity index (χ4v) is 1.54. The minimum Gasteiger partial charge on any atom is -0.395 e. The second-order valence-electron chi connectivity index (χ2n) is 4.57. The third kappa shape index (κ3) is 3.21. The summed E-state index contributed by atoms with van der Waals surface area (Å²) in [6, 6.07) is 10.2. The molecule has 0 aliphatic heterocycles. The minimum absolute atomic E-state index is 0.154. The topological polar surface area (TPSA) is 20.2 Å². The first-order valence-electron chi connectivity index (χ1n) is 5.38. The number of aliphatic hydroxyl groups is 1. The average Bonchev–Trinajstić information content (AvgIpc) is 2.27. The summed E-state index contributed by atoms with van der Waals surface area (Å²) in [6.45, 7) is 6.45. The highest BCUT2D eigenvalue weighted by Crippen LogP contribution is 2.27. The van der Waals surface area contributed by atoms with Crippen molar-refractivity contribution in [1.29, 1.82) is 0 Å². The van der Waals surface area contributed by atoms with E-state index in [1.54, 1.807) is 0 Å². The van der Waals surface area contributed by atoms with Gasteiger partial charge < -0.3 is 5.11 Å². The second-order valence-corrected chi connectivity index (χ2v) is 4.57. The van der Waals surface area contributed by atoms with Crippen LogP contribution in [0.3, 0.4) is 0 Å². The van der Waals surface area contributed by atoms with E-state index in [-0.39, 0.29) is 12.0 Å². The molecular formula is C14H20O. The van der Waals surface area contributed by atoms with Gasteiger partial charge in [-0.2, -0.15) is 0 Å². The maximum Gasteiger partial charge on any atom is 0.0528 e. The van der Waals surface area contributed by atoms with Gasteiger partial charge in [-0.3, -0.25) is 0 Å². The molecule has 1 rings (SSSR count). The number of hydrogen-bond donors (Lipinski definition) is 1. The van der Waals surface area contributed by atoms with Crippen LogP contribution in [0.15, 0.2) is 42.0 Å². The molecule has 1 aromatic carbocycles. The van der Waals surface area contributed by atoms with E-state index in [9.17, 15) is 5.11 Å². The largest absolute Gasteiger partial charge is 0.395 e. The maximum absolute atomic E-state index is 9.52. The van der Waals surface area contributed by atoms with Gasteiger partial charge >= 0.3 is 0 Å². The number of benzene rings is 1. The summed E-state index contributed by atoms with van der Waals surface area (Å²) >= 11 is 0. The van der Waals surface area contributed by atoms with Crippen LogP contribution in [0, 0.1) is 0 Å². The number of allylic oxidation sites excluding steroid dienone is 2. The number of hydrogen-bond acceptors (Lipinski definition) is 1. The Balaban J connectivity index is 2.90. The van der Waals surface area contributed by atoms with Crippen LogP contribution in [0.4, 0.5) is 0 Å². The smallest absolute Gasteiger partial charge is 0.0528 e. The van der Waals surface area contributed by atoms with Crippen molar-refractivity contribution < 1.29 is 5.11 Å². The van der Waals surface area contributed by atoms with Gasteiger partial charge in [0.1, 0.15) is 0 Å². The quantitative estimate of drug-likeness (QED) is 0.746. The van der Waals surface area contributed by atoms with Crippen molar-refractivity contribution in [3.8, 4) is 0 Å². The Morgan fingerprint density at radius 2 is 1.87 bits per heavy atom. The lowest BCUT2D eigenvalue weighted by Gasteiger charge is -2.26. The highest BCUT2D eigenvalue weighted by molar-refractivity contribution is 5.25. The summed E-state index contributed by atoms with van der Waals surface area (Å²) in [4.78, 5) is 0. The summed E-state index contributed by atoms with van der Waals surface area (Å²) < 4.78 is 0. The molecular weight excluding hydrogens is 184 g/mol. The Hall–Kier alpha value is -1.08. The molecule has 0 aromatic heterocycles. The van der Waals surface area contributed by atoms with Gasteiger partial charge in [0.2, 0.25) is 0 Å². The van der Waals surface area contributed by atoms with Gasteiger partial charge in [-0.05, 0) is 25.8 Å². The van der Waals surface area contributed by atoms with Crippen LogP contribution in [0.1, 0.15) is 32.8 Å². The molecule has 0 fully saturated rings. The Kier molecular flexibility index (Phi) is 4.10. The zero-order valence-electron chi connectivity index (χ0n) is 9.83. The molecule has 1 nitrogen and oxygen atoms in total. The fraction of sp³-hybridized carbons (Fsp3) is 0.429. The molecule has 1 atom stereocenters. The van der Waals surface area contributed by atoms with E-state index in [4.69, 9.17) is 0 Å². The summed E-state index contributed by atoms with van der Waals surface area (Å²) in [5.74, 6) is 0. The van der Waals surface area contributed by atoms with Crippen LogP contribution >= 0.6 is 0 Å². The van der Waals surface area contributed by atoms with Gasteiger partial charge in [-0.25, -0.2) is 0 Å². The molecule has 1 heteroatoms. The third-order valence-corrected chi connectivity index (χ3v) is 2.78. The van der Waals surface area contributed by atoms with Gasteiger partial charge in [-0.15, -0.1) is 0 Å². The van der Waals surface area contributed by atoms with E-state index >= 15 is 0 Å². The molecule has 0 aliphatic carbocycles. The monoisotopic (exact) mass is 204 g/mol. The standard InChI is InChI=1S/C14H20O/c1-12(2)9-10-14(3,11-15)13-7-5-4-6-8-13/h4-9,15H,10-11H2,1-3H3/t14-/m0/s1. The van der Waals surface area contributed by atoms with Crippen molar-refractivity contribution in [2.75, 3.05) is 6.61 Å². The van der Waals surface area contributed by atoms with E-state index in [0.717, 1.165) is 6.42 Å². The van der Waals surface area contributed by atoms with Crippen LogP contribution in [-0.2, 0) is 5.41 Å². The van der Waals surface area contributed by atoms with Gasteiger partial charge in [0.05, 0.1) is 6.61 Å². The Bertz CT molecular complexity index is 322. The summed E-state index contributed by atoms with van der Waals surface area (Å²) in [5.41, 5.74) is 2.34. The Morgan fingerprint density at radius 3 is 2.33 bits per heavy atom. The van der Waals surface area contributed by atoms with Crippen molar-refractivity contribution >= 4 is 0 Å². The van der Waals surface area contributed by atoms with E-state index in [1.165, 1.54) is 11.1 Å². The summed E-state index contributed by atoms with van der Waals surface area (Å²) in [5, 5.41) is 9.52. The minimum atomic E-state index is -0.154. The zero-order chi connectivity index (χ0) is 11.3. The molecule has 0 spiro atoms. The highest BCUT2D eigenvalue weighted by Gasteiger charge is 2.23. The van der Waals surface area contributed by atoms with Crippen LogP contribution in [-0.4, -0.2) is 11.7 Å². The number of aliphatic hydroxyl groups excluding tert-OH is 1. The van der Waals surface area contributed by atoms with Crippen molar-refractivity contribution in [3.63, 3.8) is 0 Å². The SMILES string of the molecule is CC(C)=CC[C@@](C)(CO)c1ccccc1. The van der Waals surface area contributed by atoms with Gasteiger partial charge in [0.15, 0.2) is 0 Å². The maximum atomic E-state index is 9.52. The van der Waals surface area contributed by atoms with E-state index in [2.05, 4.69) is 39.0 Å². The predicted octanol–water partition coefficient (Wildman–Crippen LogP) is 3.29. The van der Waals surface area contributed by atoms with Crippen LogP contribution < -0.4 is 0 Å². The molecule has 1 N–H and O–H groups in total. The lowest BCUT2D eigenvalue weighted by molar-refractivity contribution is 0.206. The van der Waals surface area contributed by atoms with Crippen molar-refractivity contribution in [2.24, 2.45) is 0 Å². The third-order valence-electron chi connectivity index (χ3n) is 2.78. The average molecular weight is 204 g/mol. The lowest BCUT2D eigenvalue weighted by atomic mass is 9.80. The van der Waals surface area contributed by atoms with Crippen molar-refractivity contribution in [1.82, 2.24) is 0 Å². The first kappa shape index (κ1) is 12.0. The van der Waals surface area contributed by atoms with Crippen LogP contribution in [0.2, 0.25) is 0 Å². The van der Waals surface area contributed by atoms with Crippen LogP contribution in [0.5, 0.6) is 0 Å². The molecule has 0 bridgehead atoms. The normalized spacial score (nSPS) is 14.4. The molecule has 0 aliphatic rings. The molecule has 0 saturated heterocycles. The van der Waals surface area contributed by atoms with E-state index in [1.807, 2.05) is 18.2 Å². The van der Waals surface area contributed by atoms with Crippen molar-refractivity contribution in [2.45, 2.75) is 32.6 Å². The first-order valence-corrected chi connectivity index (χ1v) is 5.38. The van der Waals surface area contributed by atoms with E-state index in [0.29, 0.717) is 0 Å². The summed E-state index contributed by atoms with van der Waals surface area (Å²) in [6.07, 6.45) is 3.07. The Morgan fingerprint density at radius 1 is 1.27 bits per heavy atom. The molecule has 0 saturated carbocycles. The highest BCUT2D eigenvalue weighted by atomic mass is 16.3.